The lowest BCUT2D eigenvalue weighted by atomic mass is 9.90. The molecular weight excluding hydrogens is 773 g/mol. The Bertz CT molecular complexity index is 2650. The van der Waals surface area contributed by atoms with Crippen molar-refractivity contribution in [1.82, 2.24) is 19.6 Å². The Labute approximate surface area is 350 Å². The summed E-state index contributed by atoms with van der Waals surface area (Å²) >= 11 is 0. The Morgan fingerprint density at radius 3 is 2.22 bits per heavy atom. The maximum atomic E-state index is 13.7. The summed E-state index contributed by atoms with van der Waals surface area (Å²) < 4.78 is 45.0. The van der Waals surface area contributed by atoms with Crippen LogP contribution in [0.25, 0.3) is 22.2 Å². The third-order valence-electron chi connectivity index (χ3n) is 11.2. The molecule has 7 aromatic rings. The summed E-state index contributed by atoms with van der Waals surface area (Å²) in [6.45, 7) is 4.81. The number of imidazole rings is 1. The number of hydrogen-bond acceptors (Lipinski definition) is 7. The van der Waals surface area contributed by atoms with E-state index < -0.39 is 28.3 Å². The molecule has 60 heavy (non-hydrogen) atoms. The fourth-order valence-corrected chi connectivity index (χ4v) is 8.89. The number of carbonyl (C=O) groups excluding carboxylic acids is 1. The minimum atomic E-state index is -3.97. The van der Waals surface area contributed by atoms with E-state index in [2.05, 4.69) is 32.6 Å². The molecule has 10 nitrogen and oxygen atoms in total. The van der Waals surface area contributed by atoms with Crippen molar-refractivity contribution in [3.05, 3.63) is 191 Å². The molecule has 6 aromatic carbocycles. The normalized spacial score (nSPS) is 18.6. The number of aromatic nitrogens is 2. The van der Waals surface area contributed by atoms with E-state index in [1.807, 2.05) is 135 Å². The van der Waals surface area contributed by atoms with Gasteiger partial charge in [0.15, 0.2) is 6.29 Å². The maximum absolute atomic E-state index is 13.7. The molecule has 11 heteroatoms. The number of sulfonamides is 1. The van der Waals surface area contributed by atoms with E-state index >= 15 is 0 Å². The van der Waals surface area contributed by atoms with Gasteiger partial charge in [0, 0.05) is 18.0 Å². The maximum Gasteiger partial charge on any atom is 0.241 e. The first-order chi connectivity index (χ1) is 29.1. The van der Waals surface area contributed by atoms with E-state index in [1.54, 1.807) is 24.3 Å². The fourth-order valence-electron chi connectivity index (χ4n) is 7.69. The van der Waals surface area contributed by atoms with Crippen LogP contribution in [0.15, 0.2) is 163 Å². The number of aliphatic hydroxyl groups excluding tert-OH is 1. The van der Waals surface area contributed by atoms with Crippen LogP contribution in [0.4, 0.5) is 0 Å². The predicted molar refractivity (Wildman–Crippen MR) is 232 cm³/mol. The van der Waals surface area contributed by atoms with Crippen LogP contribution in [-0.2, 0) is 50.4 Å². The molecule has 1 aliphatic rings. The first kappa shape index (κ1) is 40.8. The SMILES string of the molecule is Cc1ccc(S(=O)(=O)NC(Cc2ccccc2)C(=O)NCc2cccc(-c3ccc(C4OC(Cn5cnc6ccccc65)C(C)C(c5ccc(CO)cc5)O4)cc3)c2)cc1. The zero-order valence-corrected chi connectivity index (χ0v) is 34.3. The van der Waals surface area contributed by atoms with Crippen LogP contribution in [0.2, 0.25) is 0 Å². The monoisotopic (exact) mass is 820 g/mol. The van der Waals surface area contributed by atoms with Gasteiger partial charge in [-0.2, -0.15) is 4.72 Å². The molecule has 5 atom stereocenters. The van der Waals surface area contributed by atoms with Crippen LogP contribution < -0.4 is 10.0 Å². The van der Waals surface area contributed by atoms with Gasteiger partial charge in [-0.05, 0) is 77.1 Å². The highest BCUT2D eigenvalue weighted by Crippen LogP contribution is 2.42. The van der Waals surface area contributed by atoms with Gasteiger partial charge in [0.1, 0.15) is 6.04 Å². The molecule has 0 radical (unpaired) electrons. The van der Waals surface area contributed by atoms with E-state index in [-0.39, 0.29) is 42.6 Å². The Morgan fingerprint density at radius 1 is 0.767 bits per heavy atom. The van der Waals surface area contributed by atoms with Crippen LogP contribution in [0, 0.1) is 12.8 Å². The number of benzene rings is 6. The summed E-state index contributed by atoms with van der Waals surface area (Å²) in [4.78, 5) is 18.4. The molecule has 5 unspecified atom stereocenters. The Morgan fingerprint density at radius 2 is 1.47 bits per heavy atom. The molecule has 1 amide bonds. The number of hydrogen-bond donors (Lipinski definition) is 3. The van der Waals surface area contributed by atoms with Crippen LogP contribution in [0.1, 0.15) is 52.7 Å². The second-order valence-electron chi connectivity index (χ2n) is 15.4. The second-order valence-corrected chi connectivity index (χ2v) is 17.1. The van der Waals surface area contributed by atoms with Crippen LogP contribution in [0.3, 0.4) is 0 Å². The third-order valence-corrected chi connectivity index (χ3v) is 12.7. The van der Waals surface area contributed by atoms with Crippen LogP contribution >= 0.6 is 0 Å². The number of aryl methyl sites for hydroxylation is 1. The number of aliphatic hydroxyl groups is 1. The lowest BCUT2D eigenvalue weighted by Gasteiger charge is -2.41. The molecule has 0 saturated carbocycles. The average molecular weight is 821 g/mol. The smallest absolute Gasteiger partial charge is 0.241 e. The standard InChI is InChI=1S/C49H48N4O6S/c1-33-15-25-42(26-16-33)60(56,57)52-44(28-35-9-4-3-5-10-35)48(55)50-29-37-11-8-12-41(27-37)38-21-23-40(24-22-38)49-58-46(30-53-32-51-43-13-6-7-14-45(43)53)34(2)47(59-49)39-19-17-36(31-54)18-20-39/h3-27,32,34,44,46-47,49,52,54H,28-31H2,1-2H3,(H,50,55). The van der Waals surface area contributed by atoms with Gasteiger partial charge < -0.3 is 24.5 Å². The fraction of sp³-hybridized carbons (Fsp3) is 0.224. The van der Waals surface area contributed by atoms with Crippen molar-refractivity contribution in [1.29, 1.82) is 0 Å². The third kappa shape index (κ3) is 9.41. The summed E-state index contributed by atoms with van der Waals surface area (Å²) in [5.74, 6) is -0.417. The Kier molecular flexibility index (Phi) is 12.3. The van der Waals surface area contributed by atoms with Crippen molar-refractivity contribution in [2.45, 2.75) is 69.4 Å². The zero-order chi connectivity index (χ0) is 41.6. The molecule has 1 aliphatic heterocycles. The molecule has 0 aliphatic carbocycles. The van der Waals surface area contributed by atoms with Gasteiger partial charge in [-0.25, -0.2) is 13.4 Å². The van der Waals surface area contributed by atoms with Crippen LogP contribution in [0.5, 0.6) is 0 Å². The molecule has 0 bridgehead atoms. The Balaban J connectivity index is 0.978. The number of fused-ring (bicyclic) bond motifs is 1. The highest BCUT2D eigenvalue weighted by Gasteiger charge is 2.39. The van der Waals surface area contributed by atoms with Gasteiger partial charge >= 0.3 is 0 Å². The van der Waals surface area contributed by atoms with Crippen molar-refractivity contribution < 1.29 is 27.8 Å². The molecular formula is C49H48N4O6S. The van der Waals surface area contributed by atoms with Gasteiger partial charge in [0.2, 0.25) is 15.9 Å². The largest absolute Gasteiger partial charge is 0.392 e. The molecule has 1 fully saturated rings. The zero-order valence-electron chi connectivity index (χ0n) is 33.5. The lowest BCUT2D eigenvalue weighted by Crippen LogP contribution is -2.47. The number of rotatable bonds is 14. The second kappa shape index (κ2) is 18.1. The molecule has 8 rings (SSSR count). The number of ether oxygens (including phenoxy) is 2. The van der Waals surface area contributed by atoms with Crippen molar-refractivity contribution in [3.63, 3.8) is 0 Å². The molecule has 3 N–H and O–H groups in total. The summed E-state index contributed by atoms with van der Waals surface area (Å²) in [6.07, 6.45) is 0.969. The van der Waals surface area contributed by atoms with Crippen molar-refractivity contribution in [2.75, 3.05) is 0 Å². The molecule has 2 heterocycles. The average Bonchev–Trinajstić information content (AvgIpc) is 3.69. The van der Waals surface area contributed by atoms with E-state index in [0.717, 1.165) is 55.5 Å². The van der Waals surface area contributed by atoms with Crippen molar-refractivity contribution >= 4 is 27.0 Å². The number of nitrogens with zero attached hydrogens (tertiary/aromatic N) is 2. The van der Waals surface area contributed by atoms with Gasteiger partial charge in [-0.15, -0.1) is 0 Å². The Hall–Kier alpha value is -5.95. The summed E-state index contributed by atoms with van der Waals surface area (Å²) in [5, 5.41) is 12.6. The minimum absolute atomic E-state index is 0.00637. The lowest BCUT2D eigenvalue weighted by molar-refractivity contribution is -0.276. The van der Waals surface area contributed by atoms with E-state index in [0.29, 0.717) is 6.54 Å². The topological polar surface area (TPSA) is 132 Å². The van der Waals surface area contributed by atoms with Crippen molar-refractivity contribution in [2.24, 2.45) is 5.92 Å². The minimum Gasteiger partial charge on any atom is -0.392 e. The number of nitrogens with one attached hydrogen (secondary N) is 2. The quantitative estimate of drug-likeness (QED) is 0.101. The van der Waals surface area contributed by atoms with Gasteiger partial charge in [0.25, 0.3) is 0 Å². The summed E-state index contributed by atoms with van der Waals surface area (Å²) in [6, 6.07) is 46.9. The number of para-hydroxylation sites is 2. The molecule has 306 valence electrons. The van der Waals surface area contributed by atoms with Crippen molar-refractivity contribution in [3.8, 4) is 11.1 Å². The van der Waals surface area contributed by atoms with Crippen LogP contribution in [-0.4, -0.2) is 41.1 Å². The predicted octanol–water partition coefficient (Wildman–Crippen LogP) is 8.20. The molecule has 0 spiro atoms. The first-order valence-electron chi connectivity index (χ1n) is 20.1. The molecule has 1 saturated heterocycles. The van der Waals surface area contributed by atoms with E-state index in [9.17, 15) is 18.3 Å². The number of carbonyl (C=O) groups is 1. The highest BCUT2D eigenvalue weighted by molar-refractivity contribution is 7.89. The van der Waals surface area contributed by atoms with E-state index in [1.165, 1.54) is 0 Å². The number of amides is 1. The van der Waals surface area contributed by atoms with Gasteiger partial charge in [-0.1, -0.05) is 134 Å². The summed E-state index contributed by atoms with van der Waals surface area (Å²) in [7, 11) is -3.97. The summed E-state index contributed by atoms with van der Waals surface area (Å²) in [5.41, 5.74) is 9.28. The first-order valence-corrected chi connectivity index (χ1v) is 21.6. The highest BCUT2D eigenvalue weighted by atomic mass is 32.2. The van der Waals surface area contributed by atoms with Gasteiger partial charge in [0.05, 0.1) is 47.6 Å². The molecule has 1 aromatic heterocycles. The van der Waals surface area contributed by atoms with Gasteiger partial charge in [-0.3, -0.25) is 4.79 Å². The van der Waals surface area contributed by atoms with E-state index in [4.69, 9.17) is 9.47 Å².